The predicted octanol–water partition coefficient (Wildman–Crippen LogP) is 1.65. The predicted molar refractivity (Wildman–Crippen MR) is 49.2 cm³/mol. The zero-order valence-corrected chi connectivity index (χ0v) is 9.12. The molecule has 0 saturated carbocycles. The summed E-state index contributed by atoms with van der Waals surface area (Å²) < 4.78 is 15.2. The molecule has 4 nitrogen and oxygen atoms in total. The van der Waals surface area contributed by atoms with Crippen LogP contribution in [-0.2, 0) is 14.2 Å². The third-order valence-corrected chi connectivity index (χ3v) is 1.25. The van der Waals surface area contributed by atoms with Gasteiger partial charge in [-0.15, -0.1) is 0 Å². The number of aliphatic hydroxyl groups is 1. The van der Waals surface area contributed by atoms with Crippen LogP contribution in [0.15, 0.2) is 0 Å². The molecule has 1 N–H and O–H groups in total. The van der Waals surface area contributed by atoms with Crippen LogP contribution in [0, 0.1) is 0 Å². The van der Waals surface area contributed by atoms with Crippen LogP contribution in [0.2, 0.25) is 0 Å². The molecule has 80 valence electrons. The fourth-order valence-electron chi connectivity index (χ4n) is 0.875. The van der Waals surface area contributed by atoms with Gasteiger partial charge in [-0.1, -0.05) is 11.6 Å². The molecular weight excluding hydrogens is 196 g/mol. The molecule has 0 aliphatic carbocycles. The highest BCUT2D eigenvalue weighted by Gasteiger charge is 2.12. The van der Waals surface area contributed by atoms with E-state index in [1.165, 1.54) is 6.92 Å². The molecule has 0 heterocycles. The van der Waals surface area contributed by atoms with E-state index in [0.29, 0.717) is 0 Å². The summed E-state index contributed by atoms with van der Waals surface area (Å²) in [7, 11) is 0. The van der Waals surface area contributed by atoms with Crippen LogP contribution in [0.3, 0.4) is 0 Å². The first-order valence-electron chi connectivity index (χ1n) is 4.20. The second kappa shape index (κ2) is 6.56. The monoisotopic (exact) mass is 212 g/mol. The smallest absolute Gasteiger partial charge is 0.161 e. The molecule has 0 saturated heterocycles. The maximum Gasteiger partial charge on any atom is 0.161 e. The van der Waals surface area contributed by atoms with Gasteiger partial charge in [0.05, 0.1) is 0 Å². The fourth-order valence-corrected chi connectivity index (χ4v) is 1.02. The Labute approximate surface area is 83.7 Å². The second-order valence-corrected chi connectivity index (χ2v) is 3.30. The Balaban J connectivity index is 3.58. The Morgan fingerprint density at radius 1 is 0.923 bits per heavy atom. The minimum Gasteiger partial charge on any atom is -0.368 e. The first-order valence-corrected chi connectivity index (χ1v) is 4.64. The first-order chi connectivity index (χ1) is 5.91. The molecule has 0 aromatic carbocycles. The maximum atomic E-state index is 8.85. The minimum atomic E-state index is -0.851. The van der Waals surface area contributed by atoms with E-state index < -0.39 is 24.4 Å². The van der Waals surface area contributed by atoms with Crippen LogP contribution < -0.4 is 0 Å². The number of hydrogen-bond acceptors (Lipinski definition) is 4. The van der Waals surface area contributed by atoms with Crippen molar-refractivity contribution in [3.63, 3.8) is 0 Å². The topological polar surface area (TPSA) is 47.9 Å². The summed E-state index contributed by atoms with van der Waals surface area (Å²) in [6.45, 7) is 6.59. The van der Waals surface area contributed by atoms with Gasteiger partial charge in [0.25, 0.3) is 0 Å². The van der Waals surface area contributed by atoms with E-state index in [4.69, 9.17) is 30.9 Å². The van der Waals surface area contributed by atoms with Crippen molar-refractivity contribution in [2.75, 3.05) is 0 Å². The lowest BCUT2D eigenvalue weighted by molar-refractivity contribution is -0.272. The summed E-state index contributed by atoms with van der Waals surface area (Å²) in [4.78, 5) is 0. The van der Waals surface area contributed by atoms with Gasteiger partial charge >= 0.3 is 0 Å². The normalized spacial score (nSPS) is 20.8. The molecule has 0 aliphatic heterocycles. The van der Waals surface area contributed by atoms with E-state index in [2.05, 4.69) is 0 Å². The number of ether oxygens (including phenoxy) is 3. The van der Waals surface area contributed by atoms with E-state index in [1.54, 1.807) is 20.8 Å². The largest absolute Gasteiger partial charge is 0.368 e. The van der Waals surface area contributed by atoms with Crippen molar-refractivity contribution in [1.29, 1.82) is 0 Å². The van der Waals surface area contributed by atoms with Gasteiger partial charge in [-0.2, -0.15) is 0 Å². The number of alkyl halides is 1. The van der Waals surface area contributed by atoms with E-state index in [9.17, 15) is 0 Å². The maximum absolute atomic E-state index is 8.85. The molecule has 4 atom stereocenters. The van der Waals surface area contributed by atoms with Gasteiger partial charge in [0.2, 0.25) is 0 Å². The average molecular weight is 213 g/mol. The zero-order valence-electron chi connectivity index (χ0n) is 8.36. The van der Waals surface area contributed by atoms with Crippen molar-refractivity contribution in [3.8, 4) is 0 Å². The Morgan fingerprint density at radius 3 is 1.77 bits per heavy atom. The molecule has 0 spiro atoms. The Kier molecular flexibility index (Phi) is 6.63. The van der Waals surface area contributed by atoms with Crippen LogP contribution in [0.4, 0.5) is 0 Å². The van der Waals surface area contributed by atoms with E-state index >= 15 is 0 Å². The summed E-state index contributed by atoms with van der Waals surface area (Å²) in [5.41, 5.74) is -0.409. The van der Waals surface area contributed by atoms with Crippen LogP contribution in [-0.4, -0.2) is 29.5 Å². The molecule has 0 aliphatic rings. The molecule has 0 radical (unpaired) electrons. The van der Waals surface area contributed by atoms with Crippen LogP contribution in [0.25, 0.3) is 0 Å². The van der Waals surface area contributed by atoms with Crippen LogP contribution in [0.5, 0.6) is 0 Å². The van der Waals surface area contributed by atoms with Crippen molar-refractivity contribution < 1.29 is 19.3 Å². The molecule has 0 aromatic rings. The molecule has 0 rings (SSSR count). The number of aliphatic hydroxyl groups excluding tert-OH is 1. The molecule has 4 unspecified atom stereocenters. The standard InChI is InChI=1S/C8H17ClO4/c1-5(9)11-7(3)13-8(4)12-6(2)10/h5-8,10H,1-4H3. The van der Waals surface area contributed by atoms with Crippen molar-refractivity contribution >= 4 is 11.6 Å². The Hall–Kier alpha value is 0.130. The molecule has 0 bridgehead atoms. The molecular formula is C8H17ClO4. The molecule has 0 fully saturated rings. The lowest BCUT2D eigenvalue weighted by Gasteiger charge is -2.21. The highest BCUT2D eigenvalue weighted by Crippen LogP contribution is 2.07. The Morgan fingerprint density at radius 2 is 1.38 bits per heavy atom. The van der Waals surface area contributed by atoms with Gasteiger partial charge in [0, 0.05) is 0 Å². The Bertz CT molecular complexity index is 115. The van der Waals surface area contributed by atoms with Gasteiger partial charge in [-0.05, 0) is 27.7 Å². The van der Waals surface area contributed by atoms with Crippen molar-refractivity contribution in [2.24, 2.45) is 0 Å². The number of rotatable bonds is 6. The SMILES string of the molecule is CC(O)OC(C)OC(C)OC(C)Cl. The summed E-state index contributed by atoms with van der Waals surface area (Å²) in [5, 5.41) is 8.85. The molecule has 0 amide bonds. The lowest BCUT2D eigenvalue weighted by Crippen LogP contribution is -2.26. The van der Waals surface area contributed by atoms with E-state index in [-0.39, 0.29) is 0 Å². The van der Waals surface area contributed by atoms with Gasteiger partial charge in [0.1, 0.15) is 5.56 Å². The third-order valence-electron chi connectivity index (χ3n) is 1.15. The van der Waals surface area contributed by atoms with Gasteiger partial charge in [-0.3, -0.25) is 0 Å². The van der Waals surface area contributed by atoms with Gasteiger partial charge in [-0.25, -0.2) is 0 Å². The van der Waals surface area contributed by atoms with Gasteiger partial charge in [0.15, 0.2) is 18.9 Å². The first kappa shape index (κ1) is 13.1. The summed E-state index contributed by atoms with van der Waals surface area (Å²) >= 11 is 5.57. The average Bonchev–Trinajstić information content (AvgIpc) is 1.80. The quantitative estimate of drug-likeness (QED) is 0.537. The third kappa shape index (κ3) is 8.46. The van der Waals surface area contributed by atoms with Crippen LogP contribution in [0.1, 0.15) is 27.7 Å². The van der Waals surface area contributed by atoms with Crippen molar-refractivity contribution in [3.05, 3.63) is 0 Å². The molecule has 5 heteroatoms. The number of hydrogen-bond donors (Lipinski definition) is 1. The van der Waals surface area contributed by atoms with Crippen molar-refractivity contribution in [1.82, 2.24) is 0 Å². The zero-order chi connectivity index (χ0) is 10.4. The highest BCUT2D eigenvalue weighted by molar-refractivity contribution is 6.19. The minimum absolute atomic E-state index is 0.409. The highest BCUT2D eigenvalue weighted by atomic mass is 35.5. The van der Waals surface area contributed by atoms with Gasteiger partial charge < -0.3 is 19.3 Å². The summed E-state index contributed by atoms with van der Waals surface area (Å²) in [6, 6.07) is 0. The van der Waals surface area contributed by atoms with Crippen LogP contribution >= 0.6 is 11.6 Å². The van der Waals surface area contributed by atoms with E-state index in [0.717, 1.165) is 0 Å². The number of halogens is 1. The van der Waals surface area contributed by atoms with E-state index in [1.807, 2.05) is 0 Å². The van der Waals surface area contributed by atoms with Crippen molar-refractivity contribution in [2.45, 2.75) is 52.1 Å². The molecule has 0 aromatic heterocycles. The summed E-state index contributed by atoms with van der Waals surface area (Å²) in [5.74, 6) is 0. The summed E-state index contributed by atoms with van der Waals surface area (Å²) in [6.07, 6.45) is -1.83. The fraction of sp³-hybridized carbons (Fsp3) is 1.00. The molecule has 13 heavy (non-hydrogen) atoms. The second-order valence-electron chi connectivity index (χ2n) is 2.69. The lowest BCUT2D eigenvalue weighted by atomic mass is 10.6.